The van der Waals surface area contributed by atoms with Crippen LogP contribution in [0.5, 0.6) is 0 Å². The molecular weight excluding hydrogens is 204 g/mol. The highest BCUT2D eigenvalue weighted by atomic mass is 16.7. The average Bonchev–Trinajstić information content (AvgIpc) is 2.29. The summed E-state index contributed by atoms with van der Waals surface area (Å²) in [5.41, 5.74) is 5.60. The van der Waals surface area contributed by atoms with Crippen LogP contribution in [-0.2, 0) is 9.47 Å². The third-order valence-electron chi connectivity index (χ3n) is 3.52. The Labute approximate surface area is 100 Å². The van der Waals surface area contributed by atoms with E-state index < -0.39 is 0 Å². The molecule has 2 atom stereocenters. The first kappa shape index (κ1) is 15.8. The Hall–Kier alpha value is -0.160. The molecule has 0 radical (unpaired) electrons. The number of likely N-dealkylation sites (N-methyl/N-ethyl adjacent to an activating group) is 1. The van der Waals surface area contributed by atoms with E-state index in [0.717, 1.165) is 12.8 Å². The van der Waals surface area contributed by atoms with E-state index in [1.807, 2.05) is 0 Å². The monoisotopic (exact) mass is 232 g/mol. The van der Waals surface area contributed by atoms with Gasteiger partial charge >= 0.3 is 0 Å². The molecule has 0 amide bonds. The van der Waals surface area contributed by atoms with Crippen LogP contribution in [0.15, 0.2) is 0 Å². The van der Waals surface area contributed by atoms with Crippen molar-refractivity contribution in [1.82, 2.24) is 4.90 Å². The van der Waals surface area contributed by atoms with Gasteiger partial charge in [-0.15, -0.1) is 0 Å². The van der Waals surface area contributed by atoms with Gasteiger partial charge in [0.1, 0.15) is 0 Å². The summed E-state index contributed by atoms with van der Waals surface area (Å²) < 4.78 is 10.7. The molecule has 98 valence electrons. The predicted octanol–water partition coefficient (Wildman–Crippen LogP) is 1.44. The number of methoxy groups -OCH3 is 2. The van der Waals surface area contributed by atoms with Crippen LogP contribution in [0.2, 0.25) is 0 Å². The Kier molecular flexibility index (Phi) is 7.15. The lowest BCUT2D eigenvalue weighted by Crippen LogP contribution is -2.61. The highest BCUT2D eigenvalue weighted by Gasteiger charge is 2.39. The Balaban J connectivity index is 4.78. The van der Waals surface area contributed by atoms with Gasteiger partial charge in [0.2, 0.25) is 0 Å². The van der Waals surface area contributed by atoms with Crippen LogP contribution < -0.4 is 5.73 Å². The van der Waals surface area contributed by atoms with Gasteiger partial charge in [0.05, 0.1) is 5.54 Å². The van der Waals surface area contributed by atoms with Gasteiger partial charge in [-0.1, -0.05) is 13.3 Å². The molecule has 0 bridgehead atoms. The van der Waals surface area contributed by atoms with Gasteiger partial charge in [-0.25, -0.2) is 0 Å². The number of hydrogen-bond donors (Lipinski definition) is 1. The molecule has 2 N–H and O–H groups in total. The normalized spacial score (nSPS) is 17.8. The van der Waals surface area contributed by atoms with E-state index in [1.54, 1.807) is 14.2 Å². The smallest absolute Gasteiger partial charge is 0.176 e. The van der Waals surface area contributed by atoms with Gasteiger partial charge in [-0.3, -0.25) is 4.90 Å². The quantitative estimate of drug-likeness (QED) is 0.643. The first-order valence-electron chi connectivity index (χ1n) is 5.96. The highest BCUT2D eigenvalue weighted by molar-refractivity contribution is 4.91. The minimum Gasteiger partial charge on any atom is -0.354 e. The Morgan fingerprint density at radius 2 is 1.81 bits per heavy atom. The molecule has 0 heterocycles. The molecular formula is C12H28N2O2. The van der Waals surface area contributed by atoms with Gasteiger partial charge in [0.15, 0.2) is 6.29 Å². The van der Waals surface area contributed by atoms with E-state index in [-0.39, 0.29) is 11.8 Å². The molecule has 0 aliphatic carbocycles. The lowest BCUT2D eigenvalue weighted by Gasteiger charge is -2.45. The lowest BCUT2D eigenvalue weighted by atomic mass is 9.96. The van der Waals surface area contributed by atoms with Crippen molar-refractivity contribution in [3.8, 4) is 0 Å². The topological polar surface area (TPSA) is 47.7 Å². The molecule has 0 aromatic rings. The van der Waals surface area contributed by atoms with Crippen LogP contribution in [0.3, 0.4) is 0 Å². The third kappa shape index (κ3) is 3.42. The molecule has 0 rings (SSSR count). The van der Waals surface area contributed by atoms with Crippen molar-refractivity contribution in [2.75, 3.05) is 27.8 Å². The summed E-state index contributed by atoms with van der Waals surface area (Å²) in [5, 5.41) is 0. The molecule has 16 heavy (non-hydrogen) atoms. The molecule has 4 nitrogen and oxygen atoms in total. The number of nitrogens with two attached hydrogens (primary N) is 1. The maximum absolute atomic E-state index is 5.89. The zero-order valence-electron chi connectivity index (χ0n) is 11.6. The summed E-state index contributed by atoms with van der Waals surface area (Å²) in [5.74, 6) is 0. The molecule has 0 aromatic heterocycles. The van der Waals surface area contributed by atoms with E-state index in [2.05, 4.69) is 32.7 Å². The largest absolute Gasteiger partial charge is 0.354 e. The van der Waals surface area contributed by atoms with Crippen LogP contribution in [0.25, 0.3) is 0 Å². The van der Waals surface area contributed by atoms with Gasteiger partial charge in [-0.2, -0.15) is 0 Å². The SMILES string of the molecule is CCCC(C)N(C)C(C)(CN)C(OC)OC. The van der Waals surface area contributed by atoms with Crippen molar-refractivity contribution in [2.24, 2.45) is 5.73 Å². The first-order valence-corrected chi connectivity index (χ1v) is 5.96. The third-order valence-corrected chi connectivity index (χ3v) is 3.52. The Morgan fingerprint density at radius 3 is 2.12 bits per heavy atom. The molecule has 0 saturated heterocycles. The van der Waals surface area contributed by atoms with Crippen LogP contribution in [0, 0.1) is 0 Å². The minimum absolute atomic E-state index is 0.294. The highest BCUT2D eigenvalue weighted by Crippen LogP contribution is 2.23. The number of rotatable bonds is 8. The second-order valence-electron chi connectivity index (χ2n) is 4.61. The summed E-state index contributed by atoms with van der Waals surface area (Å²) in [7, 11) is 5.39. The minimum atomic E-state index is -0.304. The summed E-state index contributed by atoms with van der Waals surface area (Å²) in [6, 6.07) is 0.464. The molecule has 0 fully saturated rings. The van der Waals surface area contributed by atoms with Crippen molar-refractivity contribution in [3.05, 3.63) is 0 Å². The van der Waals surface area contributed by atoms with E-state index in [1.165, 1.54) is 0 Å². The van der Waals surface area contributed by atoms with Gasteiger partial charge in [0, 0.05) is 26.8 Å². The van der Waals surface area contributed by atoms with Crippen molar-refractivity contribution >= 4 is 0 Å². The Morgan fingerprint density at radius 1 is 1.31 bits per heavy atom. The van der Waals surface area contributed by atoms with Crippen molar-refractivity contribution in [3.63, 3.8) is 0 Å². The average molecular weight is 232 g/mol. The number of ether oxygens (including phenoxy) is 2. The summed E-state index contributed by atoms with van der Waals surface area (Å²) >= 11 is 0. The van der Waals surface area contributed by atoms with E-state index in [4.69, 9.17) is 15.2 Å². The zero-order valence-corrected chi connectivity index (χ0v) is 11.6. The maximum atomic E-state index is 5.89. The molecule has 0 spiro atoms. The summed E-state index contributed by atoms with van der Waals surface area (Å²) in [4.78, 5) is 2.26. The van der Waals surface area contributed by atoms with E-state index in [9.17, 15) is 0 Å². The second-order valence-corrected chi connectivity index (χ2v) is 4.61. The fourth-order valence-corrected chi connectivity index (χ4v) is 2.13. The number of hydrogen-bond acceptors (Lipinski definition) is 4. The van der Waals surface area contributed by atoms with Crippen molar-refractivity contribution in [1.29, 1.82) is 0 Å². The van der Waals surface area contributed by atoms with Crippen molar-refractivity contribution < 1.29 is 9.47 Å². The summed E-state index contributed by atoms with van der Waals surface area (Å²) in [6.45, 7) is 6.98. The molecule has 2 unspecified atom stereocenters. The molecule has 4 heteroatoms. The van der Waals surface area contributed by atoms with Crippen LogP contribution in [-0.4, -0.2) is 50.6 Å². The fraction of sp³-hybridized carbons (Fsp3) is 1.00. The molecule has 0 saturated carbocycles. The second kappa shape index (κ2) is 7.22. The van der Waals surface area contributed by atoms with Crippen molar-refractivity contribution in [2.45, 2.75) is 51.5 Å². The van der Waals surface area contributed by atoms with Gasteiger partial charge < -0.3 is 15.2 Å². The number of nitrogens with zero attached hydrogens (tertiary/aromatic N) is 1. The lowest BCUT2D eigenvalue weighted by molar-refractivity contribution is -0.182. The molecule has 0 aromatic carbocycles. The first-order chi connectivity index (χ1) is 7.47. The maximum Gasteiger partial charge on any atom is 0.176 e. The molecule has 0 aliphatic heterocycles. The standard InChI is InChI=1S/C12H28N2O2/c1-7-8-10(2)14(4)12(3,9-13)11(15-5)16-6/h10-11H,7-9,13H2,1-6H3. The predicted molar refractivity (Wildman–Crippen MR) is 67.4 cm³/mol. The Bertz CT molecular complexity index is 186. The van der Waals surface area contributed by atoms with E-state index >= 15 is 0 Å². The van der Waals surface area contributed by atoms with Gasteiger partial charge in [0.25, 0.3) is 0 Å². The van der Waals surface area contributed by atoms with Crippen LogP contribution in [0.1, 0.15) is 33.6 Å². The van der Waals surface area contributed by atoms with Crippen LogP contribution >= 0.6 is 0 Å². The van der Waals surface area contributed by atoms with Gasteiger partial charge in [-0.05, 0) is 27.3 Å². The van der Waals surface area contributed by atoms with Crippen LogP contribution in [0.4, 0.5) is 0 Å². The van der Waals surface area contributed by atoms with E-state index in [0.29, 0.717) is 12.6 Å². The molecule has 0 aliphatic rings. The zero-order chi connectivity index (χ0) is 12.8. The summed E-state index contributed by atoms with van der Waals surface area (Å²) in [6.07, 6.45) is 2.00. The fourth-order valence-electron chi connectivity index (χ4n) is 2.13.